The van der Waals surface area contributed by atoms with Gasteiger partial charge in [-0.2, -0.15) is 0 Å². The monoisotopic (exact) mass is 289 g/mol. The molecule has 0 saturated heterocycles. The summed E-state index contributed by atoms with van der Waals surface area (Å²) in [5, 5.41) is 3.54. The lowest BCUT2D eigenvalue weighted by molar-refractivity contribution is -0.146. The van der Waals surface area contributed by atoms with Crippen molar-refractivity contribution in [2.24, 2.45) is 0 Å². The minimum Gasteiger partial charge on any atom is -0.465 e. The second-order valence-corrected chi connectivity index (χ2v) is 6.11. The summed E-state index contributed by atoms with van der Waals surface area (Å²) < 4.78 is 5.28. The highest BCUT2D eigenvalue weighted by atomic mass is 16.5. The van der Waals surface area contributed by atoms with E-state index in [9.17, 15) is 4.79 Å². The van der Waals surface area contributed by atoms with Crippen LogP contribution in [-0.4, -0.2) is 18.6 Å². The maximum absolute atomic E-state index is 12.4. The average molecular weight is 289 g/mol. The number of nitrogens with one attached hydrogen (secondary N) is 1. The minimum absolute atomic E-state index is 0.159. The molecule has 0 aromatic heterocycles. The van der Waals surface area contributed by atoms with Gasteiger partial charge in [0.2, 0.25) is 0 Å². The van der Waals surface area contributed by atoms with Crippen LogP contribution in [-0.2, 0) is 9.53 Å². The number of esters is 1. The summed E-state index contributed by atoms with van der Waals surface area (Å²) in [4.78, 5) is 12.4. The Morgan fingerprint density at radius 3 is 2.38 bits per heavy atom. The zero-order valence-corrected chi connectivity index (χ0v) is 13.4. The highest BCUT2D eigenvalue weighted by Gasteiger charge is 2.26. The number of rotatable bonds is 5. The molecule has 21 heavy (non-hydrogen) atoms. The summed E-state index contributed by atoms with van der Waals surface area (Å²) in [6.07, 6.45) is 6.12. The topological polar surface area (TPSA) is 38.3 Å². The number of hydrogen-bond donors (Lipinski definition) is 1. The highest BCUT2D eigenvalue weighted by Crippen LogP contribution is 2.24. The first kappa shape index (κ1) is 16.0. The molecule has 0 spiro atoms. The molecular formula is C18H27NO2. The Bertz CT molecular complexity index is 458. The molecule has 0 heterocycles. The lowest BCUT2D eigenvalue weighted by Crippen LogP contribution is -2.39. The molecule has 2 rings (SSSR count). The van der Waals surface area contributed by atoms with E-state index in [2.05, 4.69) is 37.4 Å². The van der Waals surface area contributed by atoms with Gasteiger partial charge in [0.25, 0.3) is 0 Å². The van der Waals surface area contributed by atoms with Crippen molar-refractivity contribution >= 4 is 5.97 Å². The standard InChI is InChI=1S/C18H27NO2/c1-4-21-18(20)17(19-16-8-6-5-7-9-16)15-11-13(2)10-14(3)12-15/h10-12,16-17,19H,4-9H2,1-3H3. The fourth-order valence-electron chi connectivity index (χ4n) is 3.21. The summed E-state index contributed by atoms with van der Waals surface area (Å²) in [5.74, 6) is -0.159. The smallest absolute Gasteiger partial charge is 0.327 e. The predicted molar refractivity (Wildman–Crippen MR) is 85.3 cm³/mol. The number of benzene rings is 1. The van der Waals surface area contributed by atoms with E-state index in [4.69, 9.17) is 4.74 Å². The highest BCUT2D eigenvalue weighted by molar-refractivity contribution is 5.78. The van der Waals surface area contributed by atoms with Crippen molar-refractivity contribution in [2.75, 3.05) is 6.61 Å². The van der Waals surface area contributed by atoms with E-state index in [-0.39, 0.29) is 12.0 Å². The van der Waals surface area contributed by atoms with Crippen LogP contribution in [0.2, 0.25) is 0 Å². The molecule has 1 aromatic rings. The third-order valence-corrected chi connectivity index (χ3v) is 4.11. The summed E-state index contributed by atoms with van der Waals surface area (Å²) >= 11 is 0. The fourth-order valence-corrected chi connectivity index (χ4v) is 3.21. The third kappa shape index (κ3) is 4.57. The van der Waals surface area contributed by atoms with E-state index in [0.717, 1.165) is 18.4 Å². The summed E-state index contributed by atoms with van der Waals surface area (Å²) in [5.41, 5.74) is 3.39. The van der Waals surface area contributed by atoms with Crippen molar-refractivity contribution in [1.82, 2.24) is 5.32 Å². The molecule has 1 unspecified atom stereocenters. The van der Waals surface area contributed by atoms with Crippen molar-refractivity contribution in [3.05, 3.63) is 34.9 Å². The van der Waals surface area contributed by atoms with Gasteiger partial charge in [0.1, 0.15) is 6.04 Å². The van der Waals surface area contributed by atoms with Gasteiger partial charge >= 0.3 is 5.97 Å². The fraction of sp³-hybridized carbons (Fsp3) is 0.611. The molecule has 3 nitrogen and oxygen atoms in total. The minimum atomic E-state index is -0.341. The van der Waals surface area contributed by atoms with Crippen LogP contribution < -0.4 is 5.32 Å². The van der Waals surface area contributed by atoms with Crippen molar-refractivity contribution in [1.29, 1.82) is 0 Å². The lowest BCUT2D eigenvalue weighted by atomic mass is 9.93. The number of aryl methyl sites for hydroxylation is 2. The Kier molecular flexibility index (Phi) is 5.80. The molecule has 0 radical (unpaired) electrons. The SMILES string of the molecule is CCOC(=O)C(NC1CCCCC1)c1cc(C)cc(C)c1. The van der Waals surface area contributed by atoms with Gasteiger partial charge in [-0.25, -0.2) is 4.79 Å². The van der Waals surface area contributed by atoms with Gasteiger partial charge in [-0.05, 0) is 39.2 Å². The molecule has 3 heteroatoms. The average Bonchev–Trinajstić information content (AvgIpc) is 2.45. The summed E-state index contributed by atoms with van der Waals surface area (Å²) in [7, 11) is 0. The molecule has 1 N–H and O–H groups in total. The van der Waals surface area contributed by atoms with Gasteiger partial charge in [-0.1, -0.05) is 48.6 Å². The Morgan fingerprint density at radius 1 is 1.19 bits per heavy atom. The lowest BCUT2D eigenvalue weighted by Gasteiger charge is -2.28. The summed E-state index contributed by atoms with van der Waals surface area (Å²) in [6.45, 7) is 6.42. The van der Waals surface area contributed by atoms with Crippen LogP contribution in [0, 0.1) is 13.8 Å². The molecule has 1 aliphatic carbocycles. The first-order valence-electron chi connectivity index (χ1n) is 8.11. The Morgan fingerprint density at radius 2 is 1.81 bits per heavy atom. The van der Waals surface area contributed by atoms with E-state index in [1.807, 2.05) is 6.92 Å². The third-order valence-electron chi connectivity index (χ3n) is 4.11. The van der Waals surface area contributed by atoms with Crippen LogP contribution in [0.1, 0.15) is 61.8 Å². The maximum Gasteiger partial charge on any atom is 0.327 e. The molecule has 1 aromatic carbocycles. The molecule has 1 saturated carbocycles. The molecule has 1 fully saturated rings. The van der Waals surface area contributed by atoms with Gasteiger partial charge in [0.15, 0.2) is 0 Å². The van der Waals surface area contributed by atoms with Crippen molar-refractivity contribution in [2.45, 2.75) is 65.0 Å². The van der Waals surface area contributed by atoms with Crippen LogP contribution in [0.3, 0.4) is 0 Å². The van der Waals surface area contributed by atoms with E-state index < -0.39 is 0 Å². The molecule has 1 aliphatic rings. The van der Waals surface area contributed by atoms with Crippen molar-refractivity contribution < 1.29 is 9.53 Å². The number of carbonyl (C=O) groups excluding carboxylic acids is 1. The number of carbonyl (C=O) groups is 1. The predicted octanol–water partition coefficient (Wildman–Crippen LogP) is 3.83. The second kappa shape index (κ2) is 7.60. The van der Waals surface area contributed by atoms with Gasteiger partial charge in [0.05, 0.1) is 6.61 Å². The Hall–Kier alpha value is -1.35. The van der Waals surface area contributed by atoms with Gasteiger partial charge in [-0.15, -0.1) is 0 Å². The summed E-state index contributed by atoms with van der Waals surface area (Å²) in [6, 6.07) is 6.39. The zero-order chi connectivity index (χ0) is 15.2. The first-order valence-corrected chi connectivity index (χ1v) is 8.11. The molecular weight excluding hydrogens is 262 g/mol. The van der Waals surface area contributed by atoms with Crippen molar-refractivity contribution in [3.63, 3.8) is 0 Å². The van der Waals surface area contributed by atoms with Crippen LogP contribution >= 0.6 is 0 Å². The second-order valence-electron chi connectivity index (χ2n) is 6.11. The van der Waals surface area contributed by atoms with E-state index in [1.165, 1.54) is 30.4 Å². The zero-order valence-electron chi connectivity index (χ0n) is 13.4. The van der Waals surface area contributed by atoms with E-state index in [1.54, 1.807) is 0 Å². The van der Waals surface area contributed by atoms with E-state index >= 15 is 0 Å². The molecule has 0 aliphatic heterocycles. The van der Waals surface area contributed by atoms with Crippen molar-refractivity contribution in [3.8, 4) is 0 Å². The van der Waals surface area contributed by atoms with Crippen LogP contribution in [0.5, 0.6) is 0 Å². The Balaban J connectivity index is 2.19. The molecule has 116 valence electrons. The van der Waals surface area contributed by atoms with Gasteiger partial charge < -0.3 is 4.74 Å². The number of hydrogen-bond acceptors (Lipinski definition) is 3. The van der Waals surface area contributed by atoms with Crippen LogP contribution in [0.15, 0.2) is 18.2 Å². The van der Waals surface area contributed by atoms with Gasteiger partial charge in [-0.3, -0.25) is 5.32 Å². The van der Waals surface area contributed by atoms with Crippen LogP contribution in [0.25, 0.3) is 0 Å². The quantitative estimate of drug-likeness (QED) is 0.837. The number of ether oxygens (including phenoxy) is 1. The normalized spacial score (nSPS) is 17.5. The molecule has 0 amide bonds. The van der Waals surface area contributed by atoms with E-state index in [0.29, 0.717) is 12.6 Å². The Labute approximate surface area is 128 Å². The molecule has 0 bridgehead atoms. The maximum atomic E-state index is 12.4. The molecule has 1 atom stereocenters. The van der Waals surface area contributed by atoms with Gasteiger partial charge in [0, 0.05) is 6.04 Å². The van der Waals surface area contributed by atoms with Crippen LogP contribution in [0.4, 0.5) is 0 Å². The largest absolute Gasteiger partial charge is 0.465 e. The first-order chi connectivity index (χ1) is 10.1.